The number of anilines is 1. The van der Waals surface area contributed by atoms with E-state index in [1.165, 1.54) is 7.11 Å². The third-order valence-corrected chi connectivity index (χ3v) is 5.41. The molecule has 0 spiro atoms. The molecule has 1 aliphatic heterocycles. The lowest BCUT2D eigenvalue weighted by atomic mass is 9.98. The summed E-state index contributed by atoms with van der Waals surface area (Å²) in [7, 11) is 1.31. The van der Waals surface area contributed by atoms with E-state index in [4.69, 9.17) is 14.2 Å². The molecule has 0 saturated heterocycles. The molecule has 0 radical (unpaired) electrons. The number of esters is 1. The number of urea groups is 1. The highest BCUT2D eigenvalue weighted by molar-refractivity contribution is 6.01. The van der Waals surface area contributed by atoms with Crippen molar-refractivity contribution in [3.05, 3.63) is 89.0 Å². The first-order valence-corrected chi connectivity index (χ1v) is 10.7. The van der Waals surface area contributed by atoms with Crippen molar-refractivity contribution < 1.29 is 23.8 Å². The van der Waals surface area contributed by atoms with Gasteiger partial charge in [-0.05, 0) is 60.7 Å². The standard InChI is InChI=1S/C26H26N2O5/c1-17-8-10-21(25(29)31-2)22(12-17)28-26(30)27-20(13-18-6-4-3-5-7-18)14-19-9-11-23-24(15-19)33-16-32-23/h3-12,15,20H,13-14,16H2,1-2H3,(H2,27,28,30). The summed E-state index contributed by atoms with van der Waals surface area (Å²) in [6.45, 7) is 2.11. The first kappa shape index (κ1) is 22.2. The van der Waals surface area contributed by atoms with Crippen LogP contribution in [-0.2, 0) is 17.6 Å². The van der Waals surface area contributed by atoms with Gasteiger partial charge in [0.1, 0.15) is 0 Å². The van der Waals surface area contributed by atoms with Gasteiger partial charge < -0.3 is 24.8 Å². The average Bonchev–Trinajstić information content (AvgIpc) is 3.27. The second-order valence-electron chi connectivity index (χ2n) is 7.92. The highest BCUT2D eigenvalue weighted by atomic mass is 16.7. The van der Waals surface area contributed by atoms with Crippen molar-refractivity contribution in [1.29, 1.82) is 0 Å². The SMILES string of the molecule is COC(=O)c1ccc(C)cc1NC(=O)NC(Cc1ccccc1)Cc1ccc2c(c1)OCO2. The van der Waals surface area contributed by atoms with Crippen LogP contribution in [0.3, 0.4) is 0 Å². The second-order valence-corrected chi connectivity index (χ2v) is 7.92. The van der Waals surface area contributed by atoms with Crippen LogP contribution in [0.2, 0.25) is 0 Å². The van der Waals surface area contributed by atoms with E-state index >= 15 is 0 Å². The monoisotopic (exact) mass is 446 g/mol. The maximum Gasteiger partial charge on any atom is 0.339 e. The van der Waals surface area contributed by atoms with E-state index in [2.05, 4.69) is 10.6 Å². The third kappa shape index (κ3) is 5.63. The van der Waals surface area contributed by atoms with Crippen LogP contribution >= 0.6 is 0 Å². The predicted octanol–water partition coefficient (Wildman–Crippen LogP) is 4.49. The van der Waals surface area contributed by atoms with Gasteiger partial charge in [-0.3, -0.25) is 0 Å². The minimum Gasteiger partial charge on any atom is -0.465 e. The number of hydrogen-bond donors (Lipinski definition) is 2. The lowest BCUT2D eigenvalue weighted by Crippen LogP contribution is -2.41. The summed E-state index contributed by atoms with van der Waals surface area (Å²) in [5.74, 6) is 0.920. The first-order chi connectivity index (χ1) is 16.0. The van der Waals surface area contributed by atoms with Gasteiger partial charge in [0.2, 0.25) is 6.79 Å². The fourth-order valence-electron chi connectivity index (χ4n) is 3.82. The molecule has 1 heterocycles. The van der Waals surface area contributed by atoms with Crippen LogP contribution < -0.4 is 20.1 Å². The first-order valence-electron chi connectivity index (χ1n) is 10.7. The van der Waals surface area contributed by atoms with E-state index in [1.807, 2.05) is 55.5 Å². The van der Waals surface area contributed by atoms with Gasteiger partial charge in [-0.2, -0.15) is 0 Å². The number of fused-ring (bicyclic) bond motifs is 1. The number of carbonyl (C=O) groups is 2. The Morgan fingerprint density at radius 2 is 1.70 bits per heavy atom. The molecule has 1 atom stereocenters. The zero-order valence-electron chi connectivity index (χ0n) is 18.6. The summed E-state index contributed by atoms with van der Waals surface area (Å²) in [6.07, 6.45) is 1.23. The second kappa shape index (κ2) is 10.1. The van der Waals surface area contributed by atoms with E-state index < -0.39 is 12.0 Å². The summed E-state index contributed by atoms with van der Waals surface area (Å²) in [5, 5.41) is 5.87. The van der Waals surface area contributed by atoms with Gasteiger partial charge in [0.05, 0.1) is 18.4 Å². The summed E-state index contributed by atoms with van der Waals surface area (Å²) in [4.78, 5) is 25.1. The molecule has 3 aromatic carbocycles. The van der Waals surface area contributed by atoms with Crippen LogP contribution in [0.5, 0.6) is 11.5 Å². The number of ether oxygens (including phenoxy) is 3. The number of aryl methyl sites for hydroxylation is 1. The number of benzene rings is 3. The van der Waals surface area contributed by atoms with Crippen LogP contribution in [0.4, 0.5) is 10.5 Å². The molecule has 170 valence electrons. The molecule has 0 bridgehead atoms. The van der Waals surface area contributed by atoms with Crippen molar-refractivity contribution in [3.8, 4) is 11.5 Å². The van der Waals surface area contributed by atoms with Crippen molar-refractivity contribution in [2.75, 3.05) is 19.2 Å². The number of nitrogens with one attached hydrogen (secondary N) is 2. The summed E-state index contributed by atoms with van der Waals surface area (Å²) in [6, 6.07) is 20.4. The van der Waals surface area contributed by atoms with Crippen molar-refractivity contribution >= 4 is 17.7 Å². The Balaban J connectivity index is 1.52. The zero-order valence-corrected chi connectivity index (χ0v) is 18.6. The lowest BCUT2D eigenvalue weighted by Gasteiger charge is -2.20. The molecule has 2 amide bonds. The molecule has 33 heavy (non-hydrogen) atoms. The minimum absolute atomic E-state index is 0.195. The normalized spacial score (nSPS) is 12.7. The Hall–Kier alpha value is -4.00. The number of rotatable bonds is 7. The molecule has 0 aliphatic carbocycles. The molecular formula is C26H26N2O5. The fraction of sp³-hybridized carbons (Fsp3) is 0.231. The Morgan fingerprint density at radius 3 is 2.48 bits per heavy atom. The number of methoxy groups -OCH3 is 1. The van der Waals surface area contributed by atoms with Gasteiger partial charge in [-0.15, -0.1) is 0 Å². The Kier molecular flexibility index (Phi) is 6.78. The molecule has 1 aliphatic rings. The number of amides is 2. The predicted molar refractivity (Wildman–Crippen MR) is 125 cm³/mol. The number of carbonyl (C=O) groups excluding carboxylic acids is 2. The van der Waals surface area contributed by atoms with Crippen LogP contribution in [0.1, 0.15) is 27.0 Å². The molecule has 0 saturated carbocycles. The fourth-order valence-corrected chi connectivity index (χ4v) is 3.82. The van der Waals surface area contributed by atoms with Crippen LogP contribution in [-0.4, -0.2) is 31.9 Å². The molecule has 2 N–H and O–H groups in total. The Labute approximate surface area is 192 Å². The lowest BCUT2D eigenvalue weighted by molar-refractivity contribution is 0.0602. The van der Waals surface area contributed by atoms with Gasteiger partial charge in [-0.1, -0.05) is 42.5 Å². The van der Waals surface area contributed by atoms with Crippen molar-refractivity contribution in [2.45, 2.75) is 25.8 Å². The summed E-state index contributed by atoms with van der Waals surface area (Å²) < 4.78 is 15.7. The van der Waals surface area contributed by atoms with Crippen molar-refractivity contribution in [1.82, 2.24) is 5.32 Å². The van der Waals surface area contributed by atoms with Crippen molar-refractivity contribution in [2.24, 2.45) is 0 Å². The van der Waals surface area contributed by atoms with E-state index in [-0.39, 0.29) is 12.8 Å². The zero-order chi connectivity index (χ0) is 23.2. The van der Waals surface area contributed by atoms with Crippen LogP contribution in [0.25, 0.3) is 0 Å². The quantitative estimate of drug-likeness (QED) is 0.523. The maximum atomic E-state index is 12.9. The highest BCUT2D eigenvalue weighted by Gasteiger charge is 2.19. The van der Waals surface area contributed by atoms with Gasteiger partial charge in [0.15, 0.2) is 11.5 Å². The van der Waals surface area contributed by atoms with Crippen LogP contribution in [0.15, 0.2) is 66.7 Å². The summed E-state index contributed by atoms with van der Waals surface area (Å²) in [5.41, 5.74) is 3.74. The molecule has 0 aromatic heterocycles. The van der Waals surface area contributed by atoms with Crippen molar-refractivity contribution in [3.63, 3.8) is 0 Å². The maximum absolute atomic E-state index is 12.9. The Morgan fingerprint density at radius 1 is 0.939 bits per heavy atom. The number of hydrogen-bond acceptors (Lipinski definition) is 5. The summed E-state index contributed by atoms with van der Waals surface area (Å²) >= 11 is 0. The van der Waals surface area contributed by atoms with Gasteiger partial charge in [0, 0.05) is 6.04 Å². The van der Waals surface area contributed by atoms with E-state index in [0.717, 1.165) is 22.4 Å². The highest BCUT2D eigenvalue weighted by Crippen LogP contribution is 2.33. The third-order valence-electron chi connectivity index (χ3n) is 5.41. The van der Waals surface area contributed by atoms with E-state index in [9.17, 15) is 9.59 Å². The molecule has 0 fully saturated rings. The van der Waals surface area contributed by atoms with Gasteiger partial charge in [-0.25, -0.2) is 9.59 Å². The topological polar surface area (TPSA) is 85.9 Å². The molecule has 1 unspecified atom stereocenters. The van der Waals surface area contributed by atoms with Gasteiger partial charge >= 0.3 is 12.0 Å². The minimum atomic E-state index is -0.508. The largest absolute Gasteiger partial charge is 0.465 e. The molecule has 7 nitrogen and oxygen atoms in total. The Bertz CT molecular complexity index is 1150. The van der Waals surface area contributed by atoms with Crippen LogP contribution in [0, 0.1) is 6.92 Å². The molecule has 7 heteroatoms. The van der Waals surface area contributed by atoms with E-state index in [0.29, 0.717) is 29.8 Å². The van der Waals surface area contributed by atoms with Gasteiger partial charge in [0.25, 0.3) is 0 Å². The van der Waals surface area contributed by atoms with E-state index in [1.54, 1.807) is 18.2 Å². The smallest absolute Gasteiger partial charge is 0.339 e. The average molecular weight is 447 g/mol. The molecule has 3 aromatic rings. The molecule has 4 rings (SSSR count). The molecular weight excluding hydrogens is 420 g/mol.